The van der Waals surface area contributed by atoms with Gasteiger partial charge in [-0.3, -0.25) is 4.79 Å². The second kappa shape index (κ2) is 8.83. The minimum Gasteiger partial charge on any atom is -0.494 e. The van der Waals surface area contributed by atoms with Gasteiger partial charge in [-0.25, -0.2) is 4.79 Å². The molecule has 0 N–H and O–H groups in total. The number of rotatable bonds is 8. The van der Waals surface area contributed by atoms with E-state index in [2.05, 4.69) is 6.58 Å². The largest absolute Gasteiger partial charge is 0.494 e. The van der Waals surface area contributed by atoms with Gasteiger partial charge in [0.25, 0.3) is 0 Å². The molecular formula is C20H21ClO5. The molecule has 0 heterocycles. The lowest BCUT2D eigenvalue weighted by molar-refractivity contribution is -0.152. The zero-order valence-corrected chi connectivity index (χ0v) is 15.5. The molecule has 138 valence electrons. The van der Waals surface area contributed by atoms with Crippen LogP contribution in [0.2, 0.25) is 0 Å². The number of hydrogen-bond acceptors (Lipinski definition) is 5. The number of alkyl halides is 1. The summed E-state index contributed by atoms with van der Waals surface area (Å²) in [4.78, 5) is 24.6. The van der Waals surface area contributed by atoms with E-state index < -0.39 is 17.1 Å². The van der Waals surface area contributed by atoms with Gasteiger partial charge in [0.1, 0.15) is 5.76 Å². The zero-order chi connectivity index (χ0) is 19.2. The van der Waals surface area contributed by atoms with Crippen LogP contribution in [0.1, 0.15) is 24.2 Å². The Kier molecular flexibility index (Phi) is 6.77. The molecule has 0 amide bonds. The van der Waals surface area contributed by atoms with Crippen LogP contribution < -0.4 is 0 Å². The minimum atomic E-state index is -1.63. The second-order valence-corrected chi connectivity index (χ2v) is 5.99. The van der Waals surface area contributed by atoms with Crippen molar-refractivity contribution >= 4 is 23.4 Å². The fourth-order valence-corrected chi connectivity index (χ4v) is 2.87. The molecule has 1 aromatic rings. The van der Waals surface area contributed by atoms with Crippen molar-refractivity contribution in [3.8, 4) is 0 Å². The first-order chi connectivity index (χ1) is 12.5. The van der Waals surface area contributed by atoms with Crippen molar-refractivity contribution in [3.63, 3.8) is 0 Å². The number of ether oxygens (including phenoxy) is 3. The maximum atomic E-state index is 12.9. The molecule has 0 saturated carbocycles. The fourth-order valence-electron chi connectivity index (χ4n) is 2.57. The Morgan fingerprint density at radius 2 is 1.92 bits per heavy atom. The number of allylic oxidation sites excluding steroid dienone is 2. The molecule has 1 aliphatic rings. The molecule has 1 aliphatic carbocycles. The first-order valence-electron chi connectivity index (χ1n) is 8.28. The summed E-state index contributed by atoms with van der Waals surface area (Å²) in [5, 5.41) is -1.63. The lowest BCUT2D eigenvalue weighted by Gasteiger charge is -2.36. The van der Waals surface area contributed by atoms with Crippen LogP contribution in [0.3, 0.4) is 0 Å². The van der Waals surface area contributed by atoms with Crippen molar-refractivity contribution in [1.82, 2.24) is 0 Å². The van der Waals surface area contributed by atoms with Crippen molar-refractivity contribution in [1.29, 1.82) is 0 Å². The third-order valence-electron chi connectivity index (χ3n) is 3.68. The predicted octanol–water partition coefficient (Wildman–Crippen LogP) is 3.80. The number of Topliss-reactive ketones (excluding diaryl/α,β-unsaturated/α-hetero) is 1. The summed E-state index contributed by atoms with van der Waals surface area (Å²) < 4.78 is 16.7. The highest BCUT2D eigenvalue weighted by atomic mass is 35.5. The van der Waals surface area contributed by atoms with E-state index >= 15 is 0 Å². The highest BCUT2D eigenvalue weighted by Crippen LogP contribution is 2.38. The van der Waals surface area contributed by atoms with Gasteiger partial charge in [-0.2, -0.15) is 0 Å². The van der Waals surface area contributed by atoms with Gasteiger partial charge in [0.2, 0.25) is 5.06 Å². The maximum absolute atomic E-state index is 12.9. The minimum absolute atomic E-state index is 0.233. The van der Waals surface area contributed by atoms with Gasteiger partial charge in [0, 0.05) is 18.2 Å². The number of carbonyl (C=O) groups is 2. The van der Waals surface area contributed by atoms with E-state index in [0.717, 1.165) is 6.08 Å². The highest BCUT2D eigenvalue weighted by molar-refractivity contribution is 6.26. The van der Waals surface area contributed by atoms with E-state index in [1.165, 1.54) is 12.2 Å². The molecule has 2 unspecified atom stereocenters. The van der Waals surface area contributed by atoms with Crippen LogP contribution in [0.4, 0.5) is 0 Å². The van der Waals surface area contributed by atoms with E-state index in [1.54, 1.807) is 38.1 Å². The average molecular weight is 377 g/mol. The van der Waals surface area contributed by atoms with Crippen LogP contribution in [0, 0.1) is 0 Å². The van der Waals surface area contributed by atoms with Gasteiger partial charge < -0.3 is 14.2 Å². The molecule has 6 heteroatoms. The molecule has 2 rings (SSSR count). The third-order valence-corrected chi connectivity index (χ3v) is 4.08. The molecule has 2 atom stereocenters. The molecule has 1 aromatic carbocycles. The van der Waals surface area contributed by atoms with E-state index in [9.17, 15) is 9.59 Å². The quantitative estimate of drug-likeness (QED) is 0.299. The number of ketones is 1. The average Bonchev–Trinajstić information content (AvgIpc) is 2.65. The van der Waals surface area contributed by atoms with Crippen LogP contribution in [0.25, 0.3) is 0 Å². The monoisotopic (exact) mass is 376 g/mol. The molecule has 0 aliphatic heterocycles. The van der Waals surface area contributed by atoms with E-state index in [-0.39, 0.29) is 18.1 Å². The Morgan fingerprint density at radius 3 is 2.50 bits per heavy atom. The SMILES string of the molecule is C=CC(=O)OC1(Cl)C=CC(C(=O)c2ccccc2)=C(OCC)C1OCC. The molecule has 0 bridgehead atoms. The van der Waals surface area contributed by atoms with Crippen LogP contribution >= 0.6 is 11.6 Å². The van der Waals surface area contributed by atoms with Crippen LogP contribution in [-0.2, 0) is 19.0 Å². The Bertz CT molecular complexity index is 738. The predicted molar refractivity (Wildman–Crippen MR) is 98.9 cm³/mol. The molecule has 0 radical (unpaired) electrons. The molecule has 5 nitrogen and oxygen atoms in total. The summed E-state index contributed by atoms with van der Waals surface area (Å²) in [6.07, 6.45) is 2.97. The lowest BCUT2D eigenvalue weighted by atomic mass is 9.93. The van der Waals surface area contributed by atoms with E-state index in [0.29, 0.717) is 17.7 Å². The van der Waals surface area contributed by atoms with Gasteiger partial charge >= 0.3 is 5.97 Å². The summed E-state index contributed by atoms with van der Waals surface area (Å²) in [5.74, 6) is -0.704. The van der Waals surface area contributed by atoms with E-state index in [4.69, 9.17) is 25.8 Å². The molecule has 0 saturated heterocycles. The summed E-state index contributed by atoms with van der Waals surface area (Å²) >= 11 is 6.51. The standard InChI is InChI=1S/C20H21ClO5/c1-4-16(22)26-20(21)13-12-15(17(23)14-10-8-7-9-11-14)18(24-5-2)19(20)25-6-3/h4,7-13,19H,1,5-6H2,2-3H3. The smallest absolute Gasteiger partial charge is 0.332 e. The number of carbonyl (C=O) groups excluding carboxylic acids is 2. The first kappa shape index (κ1) is 19.9. The van der Waals surface area contributed by atoms with Gasteiger partial charge in [-0.1, -0.05) is 48.5 Å². The normalized spacial score (nSPS) is 22.0. The summed E-state index contributed by atoms with van der Waals surface area (Å²) in [6, 6.07) is 8.80. The highest BCUT2D eigenvalue weighted by Gasteiger charge is 2.46. The number of benzene rings is 1. The van der Waals surface area contributed by atoms with Crippen molar-refractivity contribution < 1.29 is 23.8 Å². The third kappa shape index (κ3) is 4.23. The Morgan fingerprint density at radius 1 is 1.23 bits per heavy atom. The van der Waals surface area contributed by atoms with Crippen molar-refractivity contribution in [3.05, 3.63) is 72.0 Å². The van der Waals surface area contributed by atoms with Crippen molar-refractivity contribution in [2.75, 3.05) is 13.2 Å². The Balaban J connectivity index is 2.50. The summed E-state index contributed by atoms with van der Waals surface area (Å²) in [5.41, 5.74) is 0.812. The molecular weight excluding hydrogens is 356 g/mol. The van der Waals surface area contributed by atoms with Crippen LogP contribution in [0.15, 0.2) is 66.5 Å². The Hall–Kier alpha value is -2.37. The van der Waals surface area contributed by atoms with Gasteiger partial charge in [0.15, 0.2) is 11.9 Å². The van der Waals surface area contributed by atoms with Crippen LogP contribution in [0.5, 0.6) is 0 Å². The van der Waals surface area contributed by atoms with Gasteiger partial charge in [-0.05, 0) is 26.0 Å². The zero-order valence-electron chi connectivity index (χ0n) is 14.7. The Labute approximate surface area is 157 Å². The second-order valence-electron chi connectivity index (χ2n) is 5.40. The fraction of sp³-hybridized carbons (Fsp3) is 0.300. The number of hydrogen-bond donors (Lipinski definition) is 0. The maximum Gasteiger partial charge on any atom is 0.332 e. The molecule has 26 heavy (non-hydrogen) atoms. The van der Waals surface area contributed by atoms with Crippen molar-refractivity contribution in [2.24, 2.45) is 0 Å². The molecule has 0 fully saturated rings. The van der Waals surface area contributed by atoms with Crippen LogP contribution in [-0.4, -0.2) is 36.1 Å². The van der Waals surface area contributed by atoms with Crippen molar-refractivity contribution in [2.45, 2.75) is 25.0 Å². The lowest BCUT2D eigenvalue weighted by Crippen LogP contribution is -2.45. The topological polar surface area (TPSA) is 61.8 Å². The summed E-state index contributed by atoms with van der Waals surface area (Å²) in [6.45, 7) is 7.50. The summed E-state index contributed by atoms with van der Waals surface area (Å²) in [7, 11) is 0. The number of esters is 1. The first-order valence-corrected chi connectivity index (χ1v) is 8.66. The molecule has 0 spiro atoms. The van der Waals surface area contributed by atoms with E-state index in [1.807, 2.05) is 6.07 Å². The van der Waals surface area contributed by atoms with Gasteiger partial charge in [0.05, 0.1) is 12.2 Å². The number of halogens is 1. The molecule has 0 aromatic heterocycles. The van der Waals surface area contributed by atoms with Gasteiger partial charge in [-0.15, -0.1) is 0 Å².